The third kappa shape index (κ3) is 2.74. The van der Waals surface area contributed by atoms with Gasteiger partial charge in [-0.1, -0.05) is 12.1 Å². The summed E-state index contributed by atoms with van der Waals surface area (Å²) < 4.78 is 30.8. The quantitative estimate of drug-likeness (QED) is 0.906. The van der Waals surface area contributed by atoms with E-state index in [0.29, 0.717) is 11.9 Å². The number of halogens is 2. The molecule has 0 spiro atoms. The van der Waals surface area contributed by atoms with Crippen LogP contribution in [0.25, 0.3) is 0 Å². The van der Waals surface area contributed by atoms with E-state index < -0.39 is 6.61 Å². The Kier molecular flexibility index (Phi) is 3.59. The van der Waals surface area contributed by atoms with E-state index in [1.807, 2.05) is 6.07 Å². The van der Waals surface area contributed by atoms with Crippen molar-refractivity contribution in [3.8, 4) is 5.75 Å². The first-order valence-electron chi connectivity index (χ1n) is 6.60. The van der Waals surface area contributed by atoms with Crippen LogP contribution in [0.3, 0.4) is 0 Å². The fourth-order valence-corrected chi connectivity index (χ4v) is 2.42. The van der Waals surface area contributed by atoms with Crippen LogP contribution in [0.4, 0.5) is 20.7 Å². The molecular weight excluding hydrogens is 280 g/mol. The van der Waals surface area contributed by atoms with Crippen molar-refractivity contribution in [2.75, 3.05) is 24.2 Å². The largest absolute Gasteiger partial charge is 0.435 e. The van der Waals surface area contributed by atoms with Gasteiger partial charge in [0.1, 0.15) is 5.75 Å². The smallest absolute Gasteiger partial charge is 0.387 e. The van der Waals surface area contributed by atoms with Crippen LogP contribution in [0, 0.1) is 0 Å². The molecule has 1 atom stereocenters. The lowest BCUT2D eigenvalue weighted by Crippen LogP contribution is -2.24. The molecule has 6 nitrogen and oxygen atoms in total. The van der Waals surface area contributed by atoms with Gasteiger partial charge in [-0.25, -0.2) is 4.68 Å². The minimum absolute atomic E-state index is 0.0583. The summed E-state index contributed by atoms with van der Waals surface area (Å²) in [5, 5.41) is 10.4. The second kappa shape index (κ2) is 5.55. The minimum Gasteiger partial charge on any atom is -0.435 e. The molecule has 2 heterocycles. The molecular formula is C13H15F2N5O. The Labute approximate surface area is 120 Å². The third-order valence-electron chi connectivity index (χ3n) is 3.32. The summed E-state index contributed by atoms with van der Waals surface area (Å²) in [7, 11) is 1.74. The van der Waals surface area contributed by atoms with E-state index in [9.17, 15) is 8.78 Å². The normalized spacial score (nSPS) is 17.2. The lowest BCUT2D eigenvalue weighted by atomic mass is 10.0. The van der Waals surface area contributed by atoms with Crippen LogP contribution in [0.1, 0.15) is 18.0 Å². The number of rotatable bonds is 4. The average molecular weight is 295 g/mol. The van der Waals surface area contributed by atoms with E-state index in [1.165, 1.54) is 6.07 Å². The fourth-order valence-electron chi connectivity index (χ4n) is 2.42. The van der Waals surface area contributed by atoms with Crippen LogP contribution < -0.4 is 15.4 Å². The molecule has 1 aromatic heterocycles. The molecule has 112 valence electrons. The van der Waals surface area contributed by atoms with Crippen molar-refractivity contribution in [3.63, 3.8) is 0 Å². The highest BCUT2D eigenvalue weighted by Gasteiger charge is 2.24. The maximum Gasteiger partial charge on any atom is 0.387 e. The number of benzene rings is 1. The van der Waals surface area contributed by atoms with Crippen LogP contribution in [0.2, 0.25) is 0 Å². The van der Waals surface area contributed by atoms with Crippen LogP contribution in [-0.2, 0) is 0 Å². The molecule has 1 aliphatic heterocycles. The Morgan fingerprint density at radius 3 is 3.10 bits per heavy atom. The molecule has 0 saturated heterocycles. The molecule has 0 aliphatic carbocycles. The summed E-state index contributed by atoms with van der Waals surface area (Å²) in [6.07, 6.45) is 0.789. The Hall–Kier alpha value is -2.38. The van der Waals surface area contributed by atoms with Crippen molar-refractivity contribution in [2.24, 2.45) is 0 Å². The van der Waals surface area contributed by atoms with Crippen molar-refractivity contribution in [1.82, 2.24) is 14.8 Å². The molecule has 0 fully saturated rings. The number of alkyl halides is 2. The van der Waals surface area contributed by atoms with Gasteiger partial charge in [0.15, 0.2) is 0 Å². The van der Waals surface area contributed by atoms with Crippen molar-refractivity contribution in [2.45, 2.75) is 19.1 Å². The summed E-state index contributed by atoms with van der Waals surface area (Å²) in [4.78, 5) is 4.29. The number of hydrogen-bond acceptors (Lipinski definition) is 5. The summed E-state index contributed by atoms with van der Waals surface area (Å²) in [6, 6.07) is 6.64. The molecule has 8 heteroatoms. The van der Waals surface area contributed by atoms with E-state index >= 15 is 0 Å². The predicted octanol–water partition coefficient (Wildman–Crippen LogP) is 2.33. The molecule has 21 heavy (non-hydrogen) atoms. The first kappa shape index (κ1) is 13.6. The molecule has 2 N–H and O–H groups in total. The first-order chi connectivity index (χ1) is 10.2. The van der Waals surface area contributed by atoms with E-state index in [0.717, 1.165) is 18.5 Å². The summed E-state index contributed by atoms with van der Waals surface area (Å²) in [6.45, 7) is -2.09. The van der Waals surface area contributed by atoms with Gasteiger partial charge in [0.05, 0.1) is 6.04 Å². The highest BCUT2D eigenvalue weighted by Crippen LogP contribution is 2.31. The lowest BCUT2D eigenvalue weighted by molar-refractivity contribution is -0.0499. The Bertz CT molecular complexity index is 631. The van der Waals surface area contributed by atoms with Gasteiger partial charge in [-0.2, -0.15) is 13.8 Å². The molecule has 0 saturated carbocycles. The van der Waals surface area contributed by atoms with Gasteiger partial charge in [-0.05, 0) is 24.1 Å². The zero-order valence-electron chi connectivity index (χ0n) is 11.4. The monoisotopic (exact) mass is 295 g/mol. The highest BCUT2D eigenvalue weighted by molar-refractivity contribution is 5.40. The maximum absolute atomic E-state index is 12.3. The number of hydrogen-bond donors (Lipinski definition) is 2. The maximum atomic E-state index is 12.3. The van der Waals surface area contributed by atoms with Crippen molar-refractivity contribution in [3.05, 3.63) is 29.8 Å². The van der Waals surface area contributed by atoms with Crippen LogP contribution >= 0.6 is 0 Å². The van der Waals surface area contributed by atoms with E-state index in [4.69, 9.17) is 0 Å². The molecule has 0 radical (unpaired) electrons. The van der Waals surface area contributed by atoms with E-state index in [2.05, 4.69) is 25.5 Å². The standard InChI is InChI=1S/C13H15F2N5O/c1-16-12-18-13-17-6-5-10(20(13)19-12)8-3-2-4-9(7-8)21-11(14)15/h2-4,7,10-11H,5-6H2,1H3,(H2,16,17,18,19). The average Bonchev–Trinajstić information content (AvgIpc) is 2.89. The molecule has 3 rings (SSSR count). The zero-order chi connectivity index (χ0) is 14.8. The number of nitrogens with zero attached hydrogens (tertiary/aromatic N) is 3. The molecule has 1 aliphatic rings. The Morgan fingerprint density at radius 1 is 1.48 bits per heavy atom. The van der Waals surface area contributed by atoms with Crippen LogP contribution in [0.15, 0.2) is 24.3 Å². The second-order valence-electron chi connectivity index (χ2n) is 4.64. The van der Waals surface area contributed by atoms with Gasteiger partial charge in [0.25, 0.3) is 0 Å². The Morgan fingerprint density at radius 2 is 2.33 bits per heavy atom. The SMILES string of the molecule is CNc1nc2n(n1)C(c1cccc(OC(F)F)c1)CCN2. The second-order valence-corrected chi connectivity index (χ2v) is 4.64. The van der Waals surface area contributed by atoms with Crippen molar-refractivity contribution in [1.29, 1.82) is 0 Å². The lowest BCUT2D eigenvalue weighted by Gasteiger charge is -2.24. The van der Waals surface area contributed by atoms with Crippen LogP contribution in [0.5, 0.6) is 5.75 Å². The van der Waals surface area contributed by atoms with Crippen molar-refractivity contribution < 1.29 is 13.5 Å². The number of ether oxygens (including phenoxy) is 1. The van der Waals surface area contributed by atoms with Gasteiger partial charge in [0, 0.05) is 13.6 Å². The molecule has 2 aromatic rings. The minimum atomic E-state index is -2.83. The predicted molar refractivity (Wildman–Crippen MR) is 73.9 cm³/mol. The zero-order valence-corrected chi connectivity index (χ0v) is 11.4. The van der Waals surface area contributed by atoms with Gasteiger partial charge in [-0.3, -0.25) is 0 Å². The van der Waals surface area contributed by atoms with Crippen molar-refractivity contribution >= 4 is 11.9 Å². The van der Waals surface area contributed by atoms with Gasteiger partial charge < -0.3 is 15.4 Å². The summed E-state index contributed by atoms with van der Waals surface area (Å²) in [5.74, 6) is 1.33. The number of aromatic nitrogens is 3. The molecule has 0 amide bonds. The first-order valence-corrected chi connectivity index (χ1v) is 6.60. The summed E-state index contributed by atoms with van der Waals surface area (Å²) >= 11 is 0. The number of fused-ring (bicyclic) bond motifs is 1. The molecule has 0 bridgehead atoms. The number of anilines is 2. The van der Waals surface area contributed by atoms with Gasteiger partial charge >= 0.3 is 6.61 Å². The van der Waals surface area contributed by atoms with Gasteiger partial charge in [-0.15, -0.1) is 5.10 Å². The van der Waals surface area contributed by atoms with Crippen LogP contribution in [-0.4, -0.2) is 35.0 Å². The highest BCUT2D eigenvalue weighted by atomic mass is 19.3. The topological polar surface area (TPSA) is 64.0 Å². The fraction of sp³-hybridized carbons (Fsp3) is 0.385. The van der Waals surface area contributed by atoms with E-state index in [-0.39, 0.29) is 11.8 Å². The third-order valence-corrected chi connectivity index (χ3v) is 3.32. The molecule has 1 aromatic carbocycles. The molecule has 1 unspecified atom stereocenters. The van der Waals surface area contributed by atoms with E-state index in [1.54, 1.807) is 23.9 Å². The summed E-state index contributed by atoms with van der Waals surface area (Å²) in [5.41, 5.74) is 0.864. The van der Waals surface area contributed by atoms with Gasteiger partial charge in [0.2, 0.25) is 11.9 Å². The Balaban J connectivity index is 1.93. The number of nitrogens with one attached hydrogen (secondary N) is 2.